The molecule has 0 unspecified atom stereocenters. The van der Waals surface area contributed by atoms with E-state index in [-0.39, 0.29) is 6.03 Å². The Kier molecular flexibility index (Phi) is 4.52. The summed E-state index contributed by atoms with van der Waals surface area (Å²) in [5, 5.41) is 0. The lowest BCUT2D eigenvalue weighted by molar-refractivity contribution is 0.218. The van der Waals surface area contributed by atoms with Crippen LogP contribution in [0.2, 0.25) is 0 Å². The van der Waals surface area contributed by atoms with Crippen LogP contribution < -0.4 is 9.70 Å². The summed E-state index contributed by atoms with van der Waals surface area (Å²) in [5.41, 5.74) is 2.14. The highest BCUT2D eigenvalue weighted by atomic mass is 32.1. The van der Waals surface area contributed by atoms with Gasteiger partial charge in [0, 0.05) is 49.6 Å². The van der Waals surface area contributed by atoms with Crippen molar-refractivity contribution in [3.63, 3.8) is 0 Å². The lowest BCUT2D eigenvalue weighted by Crippen LogP contribution is -2.27. The molecule has 0 spiro atoms. The molecule has 0 atom stereocenters. The molecule has 2 aromatic rings. The van der Waals surface area contributed by atoms with E-state index in [0.29, 0.717) is 0 Å². The molecule has 2 amide bonds. The van der Waals surface area contributed by atoms with Gasteiger partial charge in [0.1, 0.15) is 0 Å². The van der Waals surface area contributed by atoms with E-state index in [1.54, 1.807) is 11.3 Å². The van der Waals surface area contributed by atoms with Crippen molar-refractivity contribution >= 4 is 23.1 Å². The zero-order valence-corrected chi connectivity index (χ0v) is 14.6. The number of carbonyl (C=O) groups is 1. The maximum Gasteiger partial charge on any atom is 0.346 e. The number of nitrogens with zero attached hydrogens (tertiary/aromatic N) is 4. The molecule has 0 N–H and O–H groups in total. The number of aryl methyl sites for hydroxylation is 1. The highest BCUT2D eigenvalue weighted by Gasteiger charge is 2.17. The molecule has 0 radical (unpaired) electrons. The van der Waals surface area contributed by atoms with E-state index >= 15 is 0 Å². The zero-order valence-electron chi connectivity index (χ0n) is 13.8. The molecule has 122 valence electrons. The van der Waals surface area contributed by atoms with E-state index in [2.05, 4.69) is 22.0 Å². The zero-order chi connectivity index (χ0) is 16.4. The summed E-state index contributed by atoms with van der Waals surface area (Å²) >= 11 is 1.55. The van der Waals surface area contributed by atoms with Crippen LogP contribution in [-0.2, 0) is 0 Å². The minimum Gasteiger partial charge on any atom is -0.378 e. The molecule has 1 saturated heterocycles. The van der Waals surface area contributed by atoms with Crippen LogP contribution >= 0.6 is 11.3 Å². The smallest absolute Gasteiger partial charge is 0.346 e. The van der Waals surface area contributed by atoms with Crippen LogP contribution in [0, 0.1) is 6.92 Å². The summed E-state index contributed by atoms with van der Waals surface area (Å²) in [6, 6.07) is 8.11. The first kappa shape index (κ1) is 15.8. The normalized spacial score (nSPS) is 15.3. The Bertz CT molecular complexity index is 769. The topological polar surface area (TPSA) is 40.8 Å². The number of thiazole rings is 1. The number of likely N-dealkylation sites (tertiary alicyclic amines) is 1. The van der Waals surface area contributed by atoms with Crippen molar-refractivity contribution in [1.82, 2.24) is 9.47 Å². The van der Waals surface area contributed by atoms with Crippen LogP contribution in [0.4, 0.5) is 10.5 Å². The van der Waals surface area contributed by atoms with Gasteiger partial charge in [0.15, 0.2) is 4.80 Å². The number of anilines is 1. The molecule has 5 nitrogen and oxygen atoms in total. The summed E-state index contributed by atoms with van der Waals surface area (Å²) in [4.78, 5) is 22.5. The van der Waals surface area contributed by atoms with Crippen LogP contribution in [0.25, 0.3) is 5.69 Å². The fourth-order valence-electron chi connectivity index (χ4n) is 2.70. The molecule has 6 heteroatoms. The monoisotopic (exact) mass is 330 g/mol. The van der Waals surface area contributed by atoms with Crippen molar-refractivity contribution in [3.8, 4) is 5.69 Å². The minimum atomic E-state index is -0.123. The van der Waals surface area contributed by atoms with Gasteiger partial charge < -0.3 is 9.80 Å². The lowest BCUT2D eigenvalue weighted by Gasteiger charge is -2.14. The third-order valence-electron chi connectivity index (χ3n) is 3.96. The van der Waals surface area contributed by atoms with Crippen molar-refractivity contribution in [1.29, 1.82) is 0 Å². The Morgan fingerprint density at radius 1 is 1.26 bits per heavy atom. The van der Waals surface area contributed by atoms with Gasteiger partial charge in [-0.25, -0.2) is 4.79 Å². The highest BCUT2D eigenvalue weighted by Crippen LogP contribution is 2.17. The third kappa shape index (κ3) is 3.47. The fraction of sp³-hybridized carbons (Fsp3) is 0.412. The summed E-state index contributed by atoms with van der Waals surface area (Å²) in [5.74, 6) is 0. The van der Waals surface area contributed by atoms with Crippen LogP contribution in [0.5, 0.6) is 0 Å². The van der Waals surface area contributed by atoms with E-state index in [1.807, 2.05) is 48.8 Å². The Morgan fingerprint density at radius 3 is 2.70 bits per heavy atom. The van der Waals surface area contributed by atoms with E-state index in [1.165, 1.54) is 0 Å². The van der Waals surface area contributed by atoms with Crippen LogP contribution in [0.1, 0.15) is 17.7 Å². The Morgan fingerprint density at radius 2 is 2.00 bits per heavy atom. The average molecular weight is 330 g/mol. The summed E-state index contributed by atoms with van der Waals surface area (Å²) in [6.07, 6.45) is 4.20. The molecule has 1 aliphatic rings. The maximum atomic E-state index is 12.3. The predicted octanol–water partition coefficient (Wildman–Crippen LogP) is 3.03. The van der Waals surface area contributed by atoms with Crippen molar-refractivity contribution in [2.24, 2.45) is 4.99 Å². The molecule has 2 heterocycles. The van der Waals surface area contributed by atoms with E-state index in [4.69, 9.17) is 0 Å². The molecule has 23 heavy (non-hydrogen) atoms. The molecule has 0 saturated carbocycles. The number of aromatic nitrogens is 1. The standard InChI is InChI=1S/C17H22N4OS/c1-13-12-21(15-8-6-7-14(11-15)19(2)3)17(23-13)18-16(22)20-9-4-5-10-20/h6-8,11-12H,4-5,9-10H2,1-3H3. The van der Waals surface area contributed by atoms with E-state index in [9.17, 15) is 4.79 Å². The molecule has 0 aliphatic carbocycles. The van der Waals surface area contributed by atoms with Gasteiger partial charge in [-0.3, -0.25) is 4.57 Å². The van der Waals surface area contributed by atoms with Crippen LogP contribution in [0.3, 0.4) is 0 Å². The molecule has 1 fully saturated rings. The highest BCUT2D eigenvalue weighted by molar-refractivity contribution is 7.09. The molecular weight excluding hydrogens is 308 g/mol. The second-order valence-corrected chi connectivity index (χ2v) is 7.21. The predicted molar refractivity (Wildman–Crippen MR) is 94.5 cm³/mol. The number of hydrogen-bond acceptors (Lipinski definition) is 3. The summed E-state index contributed by atoms with van der Waals surface area (Å²) < 4.78 is 2.00. The average Bonchev–Trinajstić information content (AvgIpc) is 3.17. The fourth-order valence-corrected chi connectivity index (χ4v) is 3.53. The molecule has 1 aromatic carbocycles. The minimum absolute atomic E-state index is 0.123. The molecule has 0 bridgehead atoms. The third-order valence-corrected chi connectivity index (χ3v) is 4.86. The van der Waals surface area contributed by atoms with Gasteiger partial charge >= 0.3 is 6.03 Å². The number of rotatable bonds is 2. The van der Waals surface area contributed by atoms with Crippen molar-refractivity contribution < 1.29 is 4.79 Å². The lowest BCUT2D eigenvalue weighted by atomic mass is 10.2. The first-order valence-electron chi connectivity index (χ1n) is 7.85. The van der Waals surface area contributed by atoms with Gasteiger partial charge in [0.05, 0.1) is 0 Å². The number of benzene rings is 1. The number of urea groups is 1. The Balaban J connectivity index is 2.00. The SMILES string of the molecule is Cc1cn(-c2cccc(N(C)C)c2)c(=NC(=O)N2CCCC2)s1. The molecule has 3 rings (SSSR count). The van der Waals surface area contributed by atoms with Crippen molar-refractivity contribution in [3.05, 3.63) is 40.1 Å². The van der Waals surface area contributed by atoms with Gasteiger partial charge in [0.25, 0.3) is 0 Å². The first-order chi connectivity index (χ1) is 11.0. The maximum absolute atomic E-state index is 12.3. The quantitative estimate of drug-likeness (QED) is 0.849. The number of hydrogen-bond donors (Lipinski definition) is 0. The van der Waals surface area contributed by atoms with Crippen molar-refractivity contribution in [2.45, 2.75) is 19.8 Å². The van der Waals surface area contributed by atoms with Crippen LogP contribution in [0.15, 0.2) is 35.5 Å². The van der Waals surface area contributed by atoms with E-state index in [0.717, 1.165) is 47.0 Å². The van der Waals surface area contributed by atoms with E-state index < -0.39 is 0 Å². The first-order valence-corrected chi connectivity index (χ1v) is 8.67. The summed E-state index contributed by atoms with van der Waals surface area (Å²) in [6.45, 7) is 3.68. The summed E-state index contributed by atoms with van der Waals surface area (Å²) in [7, 11) is 4.04. The van der Waals surface area contributed by atoms with Crippen molar-refractivity contribution in [2.75, 3.05) is 32.1 Å². The van der Waals surface area contributed by atoms with Gasteiger partial charge in [-0.2, -0.15) is 4.99 Å². The Labute approximate surface area is 140 Å². The largest absolute Gasteiger partial charge is 0.378 e. The van der Waals surface area contributed by atoms with Gasteiger partial charge in [-0.15, -0.1) is 11.3 Å². The molecule has 1 aliphatic heterocycles. The van der Waals surface area contributed by atoms with Gasteiger partial charge in [-0.05, 0) is 38.0 Å². The van der Waals surface area contributed by atoms with Crippen LogP contribution in [-0.4, -0.2) is 42.7 Å². The Hall–Kier alpha value is -2.08. The number of amides is 2. The number of carbonyl (C=O) groups excluding carboxylic acids is 1. The van der Waals surface area contributed by atoms with Gasteiger partial charge in [-0.1, -0.05) is 6.07 Å². The molecule has 1 aromatic heterocycles. The van der Waals surface area contributed by atoms with Gasteiger partial charge in [0.2, 0.25) is 0 Å². The second kappa shape index (κ2) is 6.58. The molecular formula is C17H22N4OS. The second-order valence-electron chi connectivity index (χ2n) is 6.00.